The predicted molar refractivity (Wildman–Crippen MR) is 98.9 cm³/mol. The minimum atomic E-state index is -0.0827. The molecular formula is C22H19NO3. The third-order valence-corrected chi connectivity index (χ3v) is 4.53. The van der Waals surface area contributed by atoms with E-state index in [2.05, 4.69) is 0 Å². The van der Waals surface area contributed by atoms with Gasteiger partial charge in [0.05, 0.1) is 19.7 Å². The van der Waals surface area contributed by atoms with Crippen molar-refractivity contribution in [2.24, 2.45) is 0 Å². The van der Waals surface area contributed by atoms with E-state index in [1.807, 2.05) is 59.5 Å². The van der Waals surface area contributed by atoms with Crippen molar-refractivity contribution in [3.05, 3.63) is 95.1 Å². The van der Waals surface area contributed by atoms with Gasteiger partial charge in [0.15, 0.2) is 0 Å². The maximum absolute atomic E-state index is 13.2. The first-order valence-corrected chi connectivity index (χ1v) is 8.57. The molecule has 0 fully saturated rings. The highest BCUT2D eigenvalue weighted by Crippen LogP contribution is 2.33. The standard InChI is InChI=1S/C22H19NO3/c24-15-16-6-5-9-17(12-16)22(25)23-13-18-7-1-3-10-20(18)26-21-11-4-2-8-19(21)14-23/h1-12,24H,13-15H2. The van der Waals surface area contributed by atoms with Gasteiger partial charge in [0.1, 0.15) is 11.5 Å². The van der Waals surface area contributed by atoms with Crippen LogP contribution >= 0.6 is 0 Å². The van der Waals surface area contributed by atoms with Crippen molar-refractivity contribution < 1.29 is 14.6 Å². The van der Waals surface area contributed by atoms with E-state index in [1.54, 1.807) is 18.2 Å². The largest absolute Gasteiger partial charge is 0.457 e. The number of carbonyl (C=O) groups excluding carboxylic acids is 1. The highest BCUT2D eigenvalue weighted by atomic mass is 16.5. The molecule has 0 atom stereocenters. The van der Waals surface area contributed by atoms with Gasteiger partial charge in [-0.2, -0.15) is 0 Å². The minimum absolute atomic E-state index is 0.0631. The van der Waals surface area contributed by atoms with Crippen molar-refractivity contribution >= 4 is 5.91 Å². The van der Waals surface area contributed by atoms with Gasteiger partial charge in [-0.25, -0.2) is 0 Å². The summed E-state index contributed by atoms with van der Waals surface area (Å²) in [6.45, 7) is 0.847. The summed E-state index contributed by atoms with van der Waals surface area (Å²) in [5.74, 6) is 1.47. The Balaban J connectivity index is 1.75. The van der Waals surface area contributed by atoms with Crippen LogP contribution in [-0.2, 0) is 19.7 Å². The summed E-state index contributed by atoms with van der Waals surface area (Å²) in [6.07, 6.45) is 0. The van der Waals surface area contributed by atoms with Gasteiger partial charge in [-0.1, -0.05) is 48.5 Å². The second kappa shape index (κ2) is 7.02. The molecule has 3 aromatic carbocycles. The summed E-state index contributed by atoms with van der Waals surface area (Å²) in [7, 11) is 0. The highest BCUT2D eigenvalue weighted by Gasteiger charge is 2.22. The molecule has 1 N–H and O–H groups in total. The molecule has 0 unspecified atom stereocenters. The summed E-state index contributed by atoms with van der Waals surface area (Å²) >= 11 is 0. The van der Waals surface area contributed by atoms with Crippen molar-refractivity contribution in [3.8, 4) is 11.5 Å². The van der Waals surface area contributed by atoms with Gasteiger partial charge < -0.3 is 14.7 Å². The normalized spacial score (nSPS) is 13.0. The van der Waals surface area contributed by atoms with Crippen LogP contribution in [0.1, 0.15) is 27.0 Å². The Labute approximate surface area is 152 Å². The number of rotatable bonds is 2. The summed E-state index contributed by atoms with van der Waals surface area (Å²) in [5.41, 5.74) is 3.24. The van der Waals surface area contributed by atoms with Crippen LogP contribution in [-0.4, -0.2) is 15.9 Å². The molecule has 26 heavy (non-hydrogen) atoms. The zero-order valence-corrected chi connectivity index (χ0v) is 14.3. The third kappa shape index (κ3) is 3.19. The second-order valence-electron chi connectivity index (χ2n) is 6.34. The van der Waals surface area contributed by atoms with Crippen LogP contribution in [0, 0.1) is 0 Å². The second-order valence-corrected chi connectivity index (χ2v) is 6.34. The van der Waals surface area contributed by atoms with Crippen molar-refractivity contribution in [2.45, 2.75) is 19.7 Å². The van der Waals surface area contributed by atoms with Gasteiger partial charge >= 0.3 is 0 Å². The Morgan fingerprint density at radius 3 is 2.12 bits per heavy atom. The zero-order valence-electron chi connectivity index (χ0n) is 14.3. The van der Waals surface area contributed by atoms with Gasteiger partial charge in [-0.05, 0) is 29.8 Å². The molecule has 1 aliphatic heterocycles. The monoisotopic (exact) mass is 345 g/mol. The molecule has 3 aromatic rings. The molecule has 4 rings (SSSR count). The summed E-state index contributed by atoms with van der Waals surface area (Å²) in [5, 5.41) is 9.36. The van der Waals surface area contributed by atoms with Gasteiger partial charge in [-0.15, -0.1) is 0 Å². The fourth-order valence-corrected chi connectivity index (χ4v) is 3.18. The van der Waals surface area contributed by atoms with Crippen LogP contribution in [0.15, 0.2) is 72.8 Å². The Morgan fingerprint density at radius 1 is 0.885 bits per heavy atom. The Morgan fingerprint density at radius 2 is 1.50 bits per heavy atom. The smallest absolute Gasteiger partial charge is 0.254 e. The van der Waals surface area contributed by atoms with Crippen molar-refractivity contribution in [3.63, 3.8) is 0 Å². The lowest BCUT2D eigenvalue weighted by Crippen LogP contribution is -2.31. The third-order valence-electron chi connectivity index (χ3n) is 4.53. The van der Waals surface area contributed by atoms with Gasteiger partial charge in [0.2, 0.25) is 0 Å². The summed E-state index contributed by atoms with van der Waals surface area (Å²) in [4.78, 5) is 15.0. The number of aliphatic hydroxyl groups excluding tert-OH is 1. The number of aliphatic hydroxyl groups is 1. The summed E-state index contributed by atoms with van der Waals surface area (Å²) < 4.78 is 6.08. The van der Waals surface area contributed by atoms with E-state index in [0.717, 1.165) is 28.2 Å². The molecule has 1 aliphatic rings. The number of fused-ring (bicyclic) bond motifs is 2. The highest BCUT2D eigenvalue weighted by molar-refractivity contribution is 5.94. The Bertz CT molecular complexity index is 904. The van der Waals surface area contributed by atoms with E-state index < -0.39 is 0 Å². The molecule has 0 aliphatic carbocycles. The Hall–Kier alpha value is -3.11. The molecule has 0 aromatic heterocycles. The van der Waals surface area contributed by atoms with Gasteiger partial charge in [-0.3, -0.25) is 4.79 Å². The fourth-order valence-electron chi connectivity index (χ4n) is 3.18. The number of nitrogens with zero attached hydrogens (tertiary/aromatic N) is 1. The molecule has 4 nitrogen and oxygen atoms in total. The summed E-state index contributed by atoms with van der Waals surface area (Å²) in [6, 6.07) is 22.7. The molecule has 1 amide bonds. The lowest BCUT2D eigenvalue weighted by Gasteiger charge is -2.28. The van der Waals surface area contributed by atoms with Crippen molar-refractivity contribution in [1.29, 1.82) is 0 Å². The minimum Gasteiger partial charge on any atom is -0.457 e. The first-order chi connectivity index (χ1) is 12.7. The predicted octanol–water partition coefficient (Wildman–Crippen LogP) is 4.13. The van der Waals surface area contributed by atoms with Gasteiger partial charge in [0.25, 0.3) is 5.91 Å². The lowest BCUT2D eigenvalue weighted by atomic mass is 10.1. The van der Waals surface area contributed by atoms with E-state index in [9.17, 15) is 9.90 Å². The first-order valence-electron chi connectivity index (χ1n) is 8.57. The average Bonchev–Trinajstić information content (AvgIpc) is 2.67. The van der Waals surface area contributed by atoms with Crippen LogP contribution in [0.3, 0.4) is 0 Å². The molecule has 4 heteroatoms. The average molecular weight is 345 g/mol. The van der Waals surface area contributed by atoms with Crippen LogP contribution in [0.25, 0.3) is 0 Å². The SMILES string of the molecule is O=C(c1cccc(CO)c1)N1Cc2ccccc2Oc2ccccc2C1. The Kier molecular flexibility index (Phi) is 4.42. The number of benzene rings is 3. The molecule has 0 bridgehead atoms. The number of para-hydroxylation sites is 2. The van der Waals surface area contributed by atoms with E-state index >= 15 is 0 Å². The molecule has 0 saturated heterocycles. The van der Waals surface area contributed by atoms with E-state index in [0.29, 0.717) is 18.7 Å². The number of carbonyl (C=O) groups is 1. The van der Waals surface area contributed by atoms with E-state index in [4.69, 9.17) is 4.74 Å². The number of hydrogen-bond donors (Lipinski definition) is 1. The molecule has 0 saturated carbocycles. The molecule has 0 spiro atoms. The zero-order chi connectivity index (χ0) is 17.9. The van der Waals surface area contributed by atoms with Crippen molar-refractivity contribution in [2.75, 3.05) is 0 Å². The van der Waals surface area contributed by atoms with Crippen LogP contribution in [0.5, 0.6) is 11.5 Å². The topological polar surface area (TPSA) is 49.8 Å². The number of ether oxygens (including phenoxy) is 1. The van der Waals surface area contributed by atoms with E-state index in [-0.39, 0.29) is 12.5 Å². The van der Waals surface area contributed by atoms with Gasteiger partial charge in [0, 0.05) is 16.7 Å². The van der Waals surface area contributed by atoms with Crippen molar-refractivity contribution in [1.82, 2.24) is 4.90 Å². The quantitative estimate of drug-likeness (QED) is 0.760. The first kappa shape index (κ1) is 16.4. The maximum atomic E-state index is 13.2. The maximum Gasteiger partial charge on any atom is 0.254 e. The van der Waals surface area contributed by atoms with Crippen LogP contribution in [0.2, 0.25) is 0 Å². The molecule has 0 radical (unpaired) electrons. The molecule has 1 heterocycles. The number of amides is 1. The van der Waals surface area contributed by atoms with Crippen LogP contribution in [0.4, 0.5) is 0 Å². The lowest BCUT2D eigenvalue weighted by molar-refractivity contribution is 0.0725. The van der Waals surface area contributed by atoms with E-state index in [1.165, 1.54) is 0 Å². The van der Waals surface area contributed by atoms with Crippen LogP contribution < -0.4 is 4.74 Å². The fraction of sp³-hybridized carbons (Fsp3) is 0.136. The number of hydrogen-bond acceptors (Lipinski definition) is 3. The molecule has 130 valence electrons. The molecular weight excluding hydrogens is 326 g/mol.